The van der Waals surface area contributed by atoms with Gasteiger partial charge in [-0.2, -0.15) is 0 Å². The first-order chi connectivity index (χ1) is 8.13. The van der Waals surface area contributed by atoms with E-state index in [1.165, 1.54) is 13.0 Å². The van der Waals surface area contributed by atoms with Gasteiger partial charge in [-0.15, -0.1) is 0 Å². The molecule has 1 amide bonds. The lowest BCUT2D eigenvalue weighted by atomic mass is 10.1. The van der Waals surface area contributed by atoms with E-state index >= 15 is 0 Å². The molecular weight excluding hydrogens is 221 g/mol. The summed E-state index contributed by atoms with van der Waals surface area (Å²) in [5.74, 6) is -0.398. The zero-order chi connectivity index (χ0) is 12.7. The Bertz CT molecular complexity index is 416. The second-order valence-electron chi connectivity index (χ2n) is 3.69. The molecule has 1 aromatic carbocycles. The van der Waals surface area contributed by atoms with Crippen molar-refractivity contribution in [1.82, 2.24) is 5.32 Å². The molecule has 0 unspecified atom stereocenters. The summed E-state index contributed by atoms with van der Waals surface area (Å²) < 4.78 is 13.3. The molecule has 0 saturated heterocycles. The van der Waals surface area contributed by atoms with E-state index in [1.807, 2.05) is 0 Å². The van der Waals surface area contributed by atoms with Gasteiger partial charge in [0.05, 0.1) is 6.61 Å². The minimum atomic E-state index is -0.321. The quantitative estimate of drug-likeness (QED) is 0.768. The average molecular weight is 237 g/mol. The van der Waals surface area contributed by atoms with Crippen molar-refractivity contribution in [3.05, 3.63) is 41.2 Å². The van der Waals surface area contributed by atoms with E-state index in [-0.39, 0.29) is 18.3 Å². The van der Waals surface area contributed by atoms with E-state index in [9.17, 15) is 9.18 Å². The number of benzene rings is 1. The number of carbonyl (C=O) groups excluding carboxylic acids is 1. The first kappa shape index (κ1) is 13.4. The number of halogens is 1. The van der Waals surface area contributed by atoms with Crippen LogP contribution in [0.25, 0.3) is 6.08 Å². The van der Waals surface area contributed by atoms with Crippen molar-refractivity contribution in [3.8, 4) is 0 Å². The maximum absolute atomic E-state index is 13.3. The Labute approximate surface area is 100.0 Å². The average Bonchev–Trinajstić information content (AvgIpc) is 2.30. The summed E-state index contributed by atoms with van der Waals surface area (Å²) in [4.78, 5) is 10.6. The van der Waals surface area contributed by atoms with E-state index in [0.717, 1.165) is 0 Å². The molecule has 0 aliphatic rings. The standard InChI is InChI=1S/C13H16FNO2/c1-10(17)15-7-3-2-4-12-8-11(9-16)5-6-13(12)14/h2,4-6,8,16H,3,7,9H2,1H3,(H,15,17). The van der Waals surface area contributed by atoms with Gasteiger partial charge < -0.3 is 10.4 Å². The van der Waals surface area contributed by atoms with Gasteiger partial charge in [-0.3, -0.25) is 4.79 Å². The monoisotopic (exact) mass is 237 g/mol. The van der Waals surface area contributed by atoms with Crippen molar-refractivity contribution in [2.24, 2.45) is 0 Å². The predicted molar refractivity (Wildman–Crippen MR) is 64.7 cm³/mol. The SMILES string of the molecule is CC(=O)NCCC=Cc1cc(CO)ccc1F. The molecule has 2 N–H and O–H groups in total. The maximum Gasteiger partial charge on any atom is 0.216 e. The van der Waals surface area contributed by atoms with Crippen LogP contribution in [0.1, 0.15) is 24.5 Å². The fourth-order valence-electron chi connectivity index (χ4n) is 1.36. The molecule has 0 aromatic heterocycles. The Morgan fingerprint density at radius 2 is 2.29 bits per heavy atom. The number of hydrogen-bond acceptors (Lipinski definition) is 2. The molecule has 0 aliphatic carbocycles. The predicted octanol–water partition coefficient (Wildman–Crippen LogP) is 1.86. The lowest BCUT2D eigenvalue weighted by Crippen LogP contribution is -2.20. The van der Waals surface area contributed by atoms with Crippen molar-refractivity contribution in [1.29, 1.82) is 0 Å². The summed E-state index contributed by atoms with van der Waals surface area (Å²) >= 11 is 0. The van der Waals surface area contributed by atoms with Crippen LogP contribution in [-0.2, 0) is 11.4 Å². The highest BCUT2D eigenvalue weighted by molar-refractivity contribution is 5.72. The smallest absolute Gasteiger partial charge is 0.216 e. The number of nitrogens with one attached hydrogen (secondary N) is 1. The number of hydrogen-bond donors (Lipinski definition) is 2. The van der Waals surface area contributed by atoms with Gasteiger partial charge in [0, 0.05) is 19.0 Å². The van der Waals surface area contributed by atoms with E-state index in [1.54, 1.807) is 24.3 Å². The minimum absolute atomic E-state index is 0.0770. The number of amides is 1. The molecule has 17 heavy (non-hydrogen) atoms. The number of carbonyl (C=O) groups is 1. The van der Waals surface area contributed by atoms with Crippen LogP contribution in [0.15, 0.2) is 24.3 Å². The van der Waals surface area contributed by atoms with E-state index in [4.69, 9.17) is 5.11 Å². The number of aliphatic hydroxyl groups excluding tert-OH is 1. The molecule has 3 nitrogen and oxygen atoms in total. The van der Waals surface area contributed by atoms with Crippen LogP contribution in [0.2, 0.25) is 0 Å². The van der Waals surface area contributed by atoms with Crippen molar-refractivity contribution >= 4 is 12.0 Å². The van der Waals surface area contributed by atoms with E-state index in [0.29, 0.717) is 24.1 Å². The van der Waals surface area contributed by atoms with E-state index < -0.39 is 0 Å². The van der Waals surface area contributed by atoms with Gasteiger partial charge in [0.2, 0.25) is 5.91 Å². The van der Waals surface area contributed by atoms with Crippen LogP contribution in [0, 0.1) is 5.82 Å². The molecule has 0 spiro atoms. The fourth-order valence-corrected chi connectivity index (χ4v) is 1.36. The highest BCUT2D eigenvalue weighted by atomic mass is 19.1. The van der Waals surface area contributed by atoms with Gasteiger partial charge in [0.1, 0.15) is 5.82 Å². The third-order valence-electron chi connectivity index (χ3n) is 2.23. The molecule has 92 valence electrons. The van der Waals surface area contributed by atoms with Crippen LogP contribution in [0.5, 0.6) is 0 Å². The van der Waals surface area contributed by atoms with Crippen LogP contribution >= 0.6 is 0 Å². The summed E-state index contributed by atoms with van der Waals surface area (Å²) in [6, 6.07) is 4.48. The molecule has 0 heterocycles. The van der Waals surface area contributed by atoms with Gasteiger partial charge >= 0.3 is 0 Å². The zero-order valence-corrected chi connectivity index (χ0v) is 9.74. The van der Waals surface area contributed by atoms with Crippen molar-refractivity contribution in [2.75, 3.05) is 6.54 Å². The summed E-state index contributed by atoms with van der Waals surface area (Å²) in [7, 11) is 0. The summed E-state index contributed by atoms with van der Waals surface area (Å²) in [5, 5.41) is 11.6. The molecule has 0 radical (unpaired) electrons. The summed E-state index contributed by atoms with van der Waals surface area (Å²) in [6.07, 6.45) is 4.08. The molecular formula is C13H16FNO2. The van der Waals surface area contributed by atoms with Gasteiger partial charge in [-0.05, 0) is 24.1 Å². The number of aliphatic hydroxyl groups is 1. The van der Waals surface area contributed by atoms with Gasteiger partial charge in [-0.1, -0.05) is 18.2 Å². The highest BCUT2D eigenvalue weighted by Crippen LogP contribution is 2.12. The third kappa shape index (κ3) is 4.78. The largest absolute Gasteiger partial charge is 0.392 e. The summed E-state index contributed by atoms with van der Waals surface area (Å²) in [5.41, 5.74) is 1.12. The first-order valence-electron chi connectivity index (χ1n) is 5.43. The lowest BCUT2D eigenvalue weighted by Gasteiger charge is -2.01. The van der Waals surface area contributed by atoms with Crippen LogP contribution in [-0.4, -0.2) is 17.6 Å². The second-order valence-corrected chi connectivity index (χ2v) is 3.69. The topological polar surface area (TPSA) is 49.3 Å². The van der Waals surface area contributed by atoms with Crippen LogP contribution in [0.3, 0.4) is 0 Å². The lowest BCUT2D eigenvalue weighted by molar-refractivity contribution is -0.118. The molecule has 0 bridgehead atoms. The zero-order valence-electron chi connectivity index (χ0n) is 9.74. The normalized spacial score (nSPS) is 10.8. The van der Waals surface area contributed by atoms with Crippen molar-refractivity contribution in [3.63, 3.8) is 0 Å². The Balaban J connectivity index is 2.55. The molecule has 4 heteroatoms. The Kier molecular flexibility index (Phi) is 5.36. The maximum atomic E-state index is 13.3. The molecule has 1 rings (SSSR count). The second kappa shape index (κ2) is 6.81. The fraction of sp³-hybridized carbons (Fsp3) is 0.308. The minimum Gasteiger partial charge on any atom is -0.392 e. The van der Waals surface area contributed by atoms with Gasteiger partial charge in [-0.25, -0.2) is 4.39 Å². The number of rotatable bonds is 5. The third-order valence-corrected chi connectivity index (χ3v) is 2.23. The first-order valence-corrected chi connectivity index (χ1v) is 5.43. The van der Waals surface area contributed by atoms with Crippen molar-refractivity contribution < 1.29 is 14.3 Å². The Morgan fingerprint density at radius 3 is 2.94 bits per heavy atom. The Hall–Kier alpha value is -1.68. The molecule has 0 atom stereocenters. The molecule has 1 aromatic rings. The van der Waals surface area contributed by atoms with Crippen LogP contribution in [0.4, 0.5) is 4.39 Å². The van der Waals surface area contributed by atoms with Crippen LogP contribution < -0.4 is 5.32 Å². The summed E-state index contributed by atoms with van der Waals surface area (Å²) in [6.45, 7) is 1.88. The van der Waals surface area contributed by atoms with Gasteiger partial charge in [0.25, 0.3) is 0 Å². The highest BCUT2D eigenvalue weighted by Gasteiger charge is 1.99. The van der Waals surface area contributed by atoms with Gasteiger partial charge in [0.15, 0.2) is 0 Å². The molecule has 0 fully saturated rings. The Morgan fingerprint density at radius 1 is 1.53 bits per heavy atom. The molecule has 0 saturated carbocycles. The molecule has 0 aliphatic heterocycles. The van der Waals surface area contributed by atoms with E-state index in [2.05, 4.69) is 5.32 Å². The van der Waals surface area contributed by atoms with Crippen molar-refractivity contribution in [2.45, 2.75) is 20.0 Å².